The summed E-state index contributed by atoms with van der Waals surface area (Å²) in [6.45, 7) is 6.09. The van der Waals surface area contributed by atoms with Gasteiger partial charge >= 0.3 is 0 Å². The van der Waals surface area contributed by atoms with Gasteiger partial charge in [0.1, 0.15) is 11.9 Å². The van der Waals surface area contributed by atoms with Crippen LogP contribution < -0.4 is 10.5 Å². The molecule has 4 heteroatoms. The van der Waals surface area contributed by atoms with Gasteiger partial charge in [0, 0.05) is 18.9 Å². The van der Waals surface area contributed by atoms with E-state index in [1.165, 1.54) is 0 Å². The van der Waals surface area contributed by atoms with Crippen molar-refractivity contribution in [1.29, 1.82) is 0 Å². The molecule has 18 heavy (non-hydrogen) atoms. The van der Waals surface area contributed by atoms with Gasteiger partial charge in [-0.3, -0.25) is 4.98 Å². The molecule has 0 aliphatic carbocycles. The highest BCUT2D eigenvalue weighted by atomic mass is 16.5. The van der Waals surface area contributed by atoms with Crippen molar-refractivity contribution < 1.29 is 9.47 Å². The summed E-state index contributed by atoms with van der Waals surface area (Å²) in [6, 6.07) is 3.82. The predicted molar refractivity (Wildman–Crippen MR) is 70.5 cm³/mol. The maximum atomic E-state index is 5.95. The number of aromatic nitrogens is 1. The lowest BCUT2D eigenvalue weighted by Gasteiger charge is -2.32. The second-order valence-corrected chi connectivity index (χ2v) is 5.18. The first-order chi connectivity index (χ1) is 8.54. The number of nitrogens with two attached hydrogens (primary N) is 1. The number of rotatable bonds is 3. The number of ether oxygens (including phenoxy) is 2. The largest absolute Gasteiger partial charge is 0.489 e. The first-order valence-corrected chi connectivity index (χ1v) is 6.58. The van der Waals surface area contributed by atoms with Crippen LogP contribution in [0.4, 0.5) is 0 Å². The maximum absolute atomic E-state index is 5.95. The van der Waals surface area contributed by atoms with E-state index in [9.17, 15) is 0 Å². The van der Waals surface area contributed by atoms with E-state index in [2.05, 4.69) is 18.8 Å². The van der Waals surface area contributed by atoms with Crippen molar-refractivity contribution in [3.8, 4) is 5.75 Å². The van der Waals surface area contributed by atoms with E-state index in [4.69, 9.17) is 15.2 Å². The number of pyridine rings is 1. The van der Waals surface area contributed by atoms with Crippen LogP contribution in [-0.2, 0) is 4.74 Å². The molecule has 0 aromatic carbocycles. The summed E-state index contributed by atoms with van der Waals surface area (Å²) in [6.07, 6.45) is 4.35. The van der Waals surface area contributed by atoms with Crippen LogP contribution in [0.3, 0.4) is 0 Å². The van der Waals surface area contributed by atoms with Crippen molar-refractivity contribution in [2.24, 2.45) is 5.73 Å². The monoisotopic (exact) mass is 250 g/mol. The van der Waals surface area contributed by atoms with Gasteiger partial charge < -0.3 is 15.2 Å². The third-order valence-corrected chi connectivity index (χ3v) is 3.18. The second-order valence-electron chi connectivity index (χ2n) is 5.18. The summed E-state index contributed by atoms with van der Waals surface area (Å²) in [4.78, 5) is 4.30. The molecule has 1 saturated heterocycles. The number of hydrogen-bond donors (Lipinski definition) is 1. The molecule has 1 aromatic heterocycles. The van der Waals surface area contributed by atoms with Crippen molar-refractivity contribution in [2.45, 2.75) is 58.0 Å². The average Bonchev–Trinajstić information content (AvgIpc) is 2.28. The summed E-state index contributed by atoms with van der Waals surface area (Å²) in [5.41, 5.74) is 6.65. The van der Waals surface area contributed by atoms with Gasteiger partial charge in [-0.25, -0.2) is 0 Å². The summed E-state index contributed by atoms with van der Waals surface area (Å²) in [5.74, 6) is 0.811. The second kappa shape index (κ2) is 5.67. The highest BCUT2D eigenvalue weighted by Gasteiger charge is 2.25. The summed E-state index contributed by atoms with van der Waals surface area (Å²) < 4.78 is 11.6. The van der Waals surface area contributed by atoms with E-state index in [1.54, 1.807) is 6.20 Å². The molecule has 100 valence electrons. The fraction of sp³-hybridized carbons (Fsp3) is 0.643. The smallest absolute Gasteiger partial charge is 0.138 e. The fourth-order valence-electron chi connectivity index (χ4n) is 2.36. The number of nitrogens with zero attached hydrogens (tertiary/aromatic N) is 1. The van der Waals surface area contributed by atoms with Crippen LogP contribution in [0, 0.1) is 0 Å². The molecule has 0 radical (unpaired) electrons. The van der Waals surface area contributed by atoms with Crippen LogP contribution in [0.5, 0.6) is 5.75 Å². The minimum Gasteiger partial charge on any atom is -0.489 e. The molecular weight excluding hydrogens is 228 g/mol. The van der Waals surface area contributed by atoms with Gasteiger partial charge in [-0.15, -0.1) is 0 Å². The Bertz CT molecular complexity index is 368. The topological polar surface area (TPSA) is 57.4 Å². The molecule has 0 bridgehead atoms. The highest BCUT2D eigenvalue weighted by molar-refractivity contribution is 5.21. The maximum Gasteiger partial charge on any atom is 0.138 e. The highest BCUT2D eigenvalue weighted by Crippen LogP contribution is 2.24. The molecule has 0 saturated carbocycles. The van der Waals surface area contributed by atoms with Crippen LogP contribution in [0.2, 0.25) is 0 Å². The third-order valence-electron chi connectivity index (χ3n) is 3.18. The summed E-state index contributed by atoms with van der Waals surface area (Å²) in [7, 11) is 0. The Hall–Kier alpha value is -1.13. The molecule has 2 unspecified atom stereocenters. The molecular formula is C14H22N2O2. The molecule has 1 fully saturated rings. The molecule has 1 aliphatic heterocycles. The minimum absolute atomic E-state index is 0.0397. The van der Waals surface area contributed by atoms with Gasteiger partial charge in [-0.2, -0.15) is 0 Å². The van der Waals surface area contributed by atoms with Crippen LogP contribution >= 0.6 is 0 Å². The zero-order valence-corrected chi connectivity index (χ0v) is 11.3. The lowest BCUT2D eigenvalue weighted by molar-refractivity contribution is -0.0722. The quantitative estimate of drug-likeness (QED) is 0.895. The lowest BCUT2D eigenvalue weighted by Crippen LogP contribution is -2.35. The summed E-state index contributed by atoms with van der Waals surface area (Å²) >= 11 is 0. The molecule has 2 rings (SSSR count). The van der Waals surface area contributed by atoms with Gasteiger partial charge in [-0.05, 0) is 32.9 Å². The average molecular weight is 250 g/mol. The van der Waals surface area contributed by atoms with Crippen molar-refractivity contribution in [1.82, 2.24) is 4.98 Å². The first-order valence-electron chi connectivity index (χ1n) is 6.58. The Kier molecular flexibility index (Phi) is 4.19. The normalized spacial score (nSPS) is 29.9. The van der Waals surface area contributed by atoms with Gasteiger partial charge in [0.2, 0.25) is 0 Å². The van der Waals surface area contributed by atoms with E-state index >= 15 is 0 Å². The third kappa shape index (κ3) is 3.43. The zero-order chi connectivity index (χ0) is 13.1. The molecule has 0 spiro atoms. The SMILES string of the molecule is CC1CC(Oc2ccc([C@@H](C)N)nc2)CC(C)O1. The van der Waals surface area contributed by atoms with Gasteiger partial charge in [0.15, 0.2) is 0 Å². The molecule has 0 amide bonds. The molecule has 1 aromatic rings. The molecule has 4 nitrogen and oxygen atoms in total. The Morgan fingerprint density at radius 3 is 2.50 bits per heavy atom. The van der Waals surface area contributed by atoms with Crippen molar-refractivity contribution >= 4 is 0 Å². The minimum atomic E-state index is -0.0397. The number of hydrogen-bond acceptors (Lipinski definition) is 4. The van der Waals surface area contributed by atoms with Crippen LogP contribution in [0.1, 0.15) is 45.3 Å². The Morgan fingerprint density at radius 1 is 1.33 bits per heavy atom. The van der Waals surface area contributed by atoms with Crippen LogP contribution in [0.15, 0.2) is 18.3 Å². The van der Waals surface area contributed by atoms with E-state index in [0.29, 0.717) is 0 Å². The van der Waals surface area contributed by atoms with Gasteiger partial charge in [-0.1, -0.05) is 0 Å². The molecule has 2 N–H and O–H groups in total. The molecule has 3 atom stereocenters. The molecule has 1 aliphatic rings. The Labute approximate surface area is 108 Å². The van der Waals surface area contributed by atoms with E-state index in [1.807, 2.05) is 19.1 Å². The Balaban J connectivity index is 1.96. The standard InChI is InChI=1S/C14H22N2O2/c1-9-6-13(7-10(2)17-9)18-12-4-5-14(11(3)15)16-8-12/h4-5,8-11,13H,6-7,15H2,1-3H3/t9?,10?,11-,13?/m1/s1. The van der Waals surface area contributed by atoms with E-state index in [-0.39, 0.29) is 24.4 Å². The van der Waals surface area contributed by atoms with E-state index in [0.717, 1.165) is 24.3 Å². The van der Waals surface area contributed by atoms with Gasteiger partial charge in [0.25, 0.3) is 0 Å². The first kappa shape index (κ1) is 13.3. The van der Waals surface area contributed by atoms with Crippen molar-refractivity contribution in [3.05, 3.63) is 24.0 Å². The fourth-order valence-corrected chi connectivity index (χ4v) is 2.36. The van der Waals surface area contributed by atoms with Crippen molar-refractivity contribution in [3.63, 3.8) is 0 Å². The van der Waals surface area contributed by atoms with Gasteiger partial charge in [0.05, 0.1) is 24.1 Å². The molecule has 2 heterocycles. The zero-order valence-electron chi connectivity index (χ0n) is 11.3. The Morgan fingerprint density at radius 2 is 2.00 bits per heavy atom. The van der Waals surface area contributed by atoms with Crippen LogP contribution in [0.25, 0.3) is 0 Å². The summed E-state index contributed by atoms with van der Waals surface area (Å²) in [5, 5.41) is 0. The predicted octanol–water partition coefficient (Wildman–Crippen LogP) is 2.44. The van der Waals surface area contributed by atoms with Crippen LogP contribution in [-0.4, -0.2) is 23.3 Å². The van der Waals surface area contributed by atoms with Crippen molar-refractivity contribution in [2.75, 3.05) is 0 Å². The van der Waals surface area contributed by atoms with E-state index < -0.39 is 0 Å². The lowest BCUT2D eigenvalue weighted by atomic mass is 10.0.